The number of aromatic amines is 1. The van der Waals surface area contributed by atoms with Crippen molar-refractivity contribution in [2.45, 2.75) is 13.8 Å². The Morgan fingerprint density at radius 1 is 1.14 bits per heavy atom. The van der Waals surface area contributed by atoms with E-state index in [9.17, 15) is 9.18 Å². The second-order valence-electron chi connectivity index (χ2n) is 5.22. The Morgan fingerprint density at radius 2 is 1.90 bits per heavy atom. The SMILES string of the molecule is Cc1cc(C)c(C(=O)c2c[nH]c3cccc(F)c23)cc1N. The summed E-state index contributed by atoms with van der Waals surface area (Å²) in [7, 11) is 0. The van der Waals surface area contributed by atoms with Crippen LogP contribution < -0.4 is 5.73 Å². The molecule has 0 saturated carbocycles. The summed E-state index contributed by atoms with van der Waals surface area (Å²) < 4.78 is 14.0. The number of H-pyrrole nitrogens is 1. The van der Waals surface area contributed by atoms with Gasteiger partial charge in [0.1, 0.15) is 5.82 Å². The predicted octanol–water partition coefficient (Wildman–Crippen LogP) is 3.74. The molecule has 0 amide bonds. The number of rotatable bonds is 2. The molecule has 106 valence electrons. The van der Waals surface area contributed by atoms with E-state index in [1.54, 1.807) is 24.4 Å². The third kappa shape index (κ3) is 2.09. The van der Waals surface area contributed by atoms with Crippen LogP contribution in [0.4, 0.5) is 10.1 Å². The fourth-order valence-corrected chi connectivity index (χ4v) is 2.58. The Bertz CT molecular complexity index is 865. The van der Waals surface area contributed by atoms with E-state index in [-0.39, 0.29) is 5.78 Å². The van der Waals surface area contributed by atoms with Crippen molar-refractivity contribution in [1.82, 2.24) is 4.98 Å². The highest BCUT2D eigenvalue weighted by Gasteiger charge is 2.19. The predicted molar refractivity (Wildman–Crippen MR) is 82.0 cm³/mol. The Labute approximate surface area is 121 Å². The first kappa shape index (κ1) is 13.4. The highest BCUT2D eigenvalue weighted by Crippen LogP contribution is 2.26. The Morgan fingerprint density at radius 3 is 2.67 bits per heavy atom. The molecule has 0 spiro atoms. The molecule has 3 nitrogen and oxygen atoms in total. The summed E-state index contributed by atoms with van der Waals surface area (Å²) >= 11 is 0. The summed E-state index contributed by atoms with van der Waals surface area (Å²) in [6.07, 6.45) is 1.55. The molecule has 3 aromatic rings. The average molecular weight is 282 g/mol. The number of hydrogen-bond donors (Lipinski definition) is 2. The van der Waals surface area contributed by atoms with Gasteiger partial charge in [0.05, 0.1) is 5.56 Å². The van der Waals surface area contributed by atoms with Crippen LogP contribution in [0.25, 0.3) is 10.9 Å². The normalized spacial score (nSPS) is 11.0. The zero-order chi connectivity index (χ0) is 15.1. The van der Waals surface area contributed by atoms with Gasteiger partial charge < -0.3 is 10.7 Å². The third-order valence-electron chi connectivity index (χ3n) is 3.76. The maximum absolute atomic E-state index is 14.0. The van der Waals surface area contributed by atoms with Gasteiger partial charge >= 0.3 is 0 Å². The van der Waals surface area contributed by atoms with E-state index >= 15 is 0 Å². The lowest BCUT2D eigenvalue weighted by Crippen LogP contribution is -2.05. The Kier molecular flexibility index (Phi) is 3.01. The number of fused-ring (bicyclic) bond motifs is 1. The van der Waals surface area contributed by atoms with E-state index < -0.39 is 5.82 Å². The number of halogens is 1. The van der Waals surface area contributed by atoms with Gasteiger partial charge in [-0.05, 0) is 43.2 Å². The van der Waals surface area contributed by atoms with Gasteiger partial charge in [-0.1, -0.05) is 12.1 Å². The van der Waals surface area contributed by atoms with Crippen LogP contribution in [0.1, 0.15) is 27.0 Å². The fourth-order valence-electron chi connectivity index (χ4n) is 2.58. The van der Waals surface area contributed by atoms with E-state index in [2.05, 4.69) is 4.98 Å². The smallest absolute Gasteiger partial charge is 0.195 e. The molecule has 2 aromatic carbocycles. The first-order valence-corrected chi connectivity index (χ1v) is 6.66. The van der Waals surface area contributed by atoms with Crippen LogP contribution >= 0.6 is 0 Å². The van der Waals surface area contributed by atoms with E-state index in [1.165, 1.54) is 6.07 Å². The second-order valence-corrected chi connectivity index (χ2v) is 5.22. The molecule has 0 aliphatic rings. The molecular weight excluding hydrogens is 267 g/mol. The number of ketones is 1. The monoisotopic (exact) mass is 282 g/mol. The minimum Gasteiger partial charge on any atom is -0.398 e. The van der Waals surface area contributed by atoms with Gasteiger partial charge in [-0.2, -0.15) is 0 Å². The van der Waals surface area contributed by atoms with Crippen molar-refractivity contribution in [3.63, 3.8) is 0 Å². The second kappa shape index (κ2) is 4.74. The number of benzene rings is 2. The summed E-state index contributed by atoms with van der Waals surface area (Å²) in [5.41, 5.74) is 9.64. The van der Waals surface area contributed by atoms with Crippen molar-refractivity contribution in [3.05, 3.63) is 64.6 Å². The van der Waals surface area contributed by atoms with E-state index in [4.69, 9.17) is 5.73 Å². The minimum absolute atomic E-state index is 0.226. The van der Waals surface area contributed by atoms with Crippen LogP contribution in [0, 0.1) is 19.7 Å². The van der Waals surface area contributed by atoms with Crippen LogP contribution in [0.15, 0.2) is 36.5 Å². The van der Waals surface area contributed by atoms with Crippen LogP contribution in [0.2, 0.25) is 0 Å². The van der Waals surface area contributed by atoms with Crippen LogP contribution in [0.5, 0.6) is 0 Å². The molecule has 1 heterocycles. The van der Waals surface area contributed by atoms with Gasteiger partial charge in [0, 0.05) is 28.4 Å². The van der Waals surface area contributed by atoms with Gasteiger partial charge in [-0.3, -0.25) is 4.79 Å². The van der Waals surface area contributed by atoms with E-state index in [0.29, 0.717) is 27.7 Å². The van der Waals surface area contributed by atoms with Crippen molar-refractivity contribution in [1.29, 1.82) is 0 Å². The van der Waals surface area contributed by atoms with E-state index in [1.807, 2.05) is 19.9 Å². The molecule has 0 bridgehead atoms. The number of carbonyl (C=O) groups is 1. The summed E-state index contributed by atoms with van der Waals surface area (Å²) in [5, 5.41) is 0.320. The molecular formula is C17H15FN2O. The topological polar surface area (TPSA) is 58.9 Å². The number of anilines is 1. The van der Waals surface area contributed by atoms with Gasteiger partial charge in [-0.25, -0.2) is 4.39 Å². The highest BCUT2D eigenvalue weighted by molar-refractivity contribution is 6.17. The number of nitrogens with one attached hydrogen (secondary N) is 1. The lowest BCUT2D eigenvalue weighted by Gasteiger charge is -2.08. The fraction of sp³-hybridized carbons (Fsp3) is 0.118. The van der Waals surface area contributed by atoms with Crippen LogP contribution in [0.3, 0.4) is 0 Å². The molecule has 21 heavy (non-hydrogen) atoms. The quantitative estimate of drug-likeness (QED) is 0.555. The molecule has 0 aliphatic heterocycles. The zero-order valence-electron chi connectivity index (χ0n) is 11.8. The lowest BCUT2D eigenvalue weighted by atomic mass is 9.96. The Balaban J connectivity index is 2.20. The number of nitrogens with two attached hydrogens (primary N) is 1. The number of carbonyl (C=O) groups excluding carboxylic acids is 1. The first-order valence-electron chi connectivity index (χ1n) is 6.66. The molecule has 0 unspecified atom stereocenters. The molecule has 4 heteroatoms. The Hall–Kier alpha value is -2.62. The standard InChI is InChI=1S/C17H15FN2O/c1-9-6-10(2)14(19)7-11(9)17(21)12-8-20-15-5-3-4-13(18)16(12)15/h3-8,20H,19H2,1-2H3. The van der Waals surface area contributed by atoms with Crippen molar-refractivity contribution in [2.24, 2.45) is 0 Å². The van der Waals surface area contributed by atoms with Crippen LogP contribution in [-0.4, -0.2) is 10.8 Å². The molecule has 3 N–H and O–H groups in total. The number of nitrogen functional groups attached to an aromatic ring is 1. The molecule has 0 radical (unpaired) electrons. The first-order chi connectivity index (χ1) is 9.99. The average Bonchev–Trinajstić information content (AvgIpc) is 2.87. The van der Waals surface area contributed by atoms with Crippen molar-refractivity contribution in [2.75, 3.05) is 5.73 Å². The summed E-state index contributed by atoms with van der Waals surface area (Å²) in [5.74, 6) is -0.634. The van der Waals surface area contributed by atoms with Gasteiger partial charge in [-0.15, -0.1) is 0 Å². The third-order valence-corrected chi connectivity index (χ3v) is 3.76. The maximum Gasteiger partial charge on any atom is 0.195 e. The summed E-state index contributed by atoms with van der Waals surface area (Å²) in [4.78, 5) is 15.6. The number of aromatic nitrogens is 1. The van der Waals surface area contributed by atoms with Crippen LogP contribution in [-0.2, 0) is 0 Å². The van der Waals surface area contributed by atoms with Crippen molar-refractivity contribution < 1.29 is 9.18 Å². The van der Waals surface area contributed by atoms with Crippen molar-refractivity contribution >= 4 is 22.4 Å². The lowest BCUT2D eigenvalue weighted by molar-refractivity contribution is 0.103. The molecule has 0 atom stereocenters. The number of hydrogen-bond acceptors (Lipinski definition) is 2. The maximum atomic E-state index is 14.0. The molecule has 1 aromatic heterocycles. The summed E-state index contributed by atoms with van der Waals surface area (Å²) in [6, 6.07) is 8.23. The minimum atomic E-state index is -0.408. The number of aryl methyl sites for hydroxylation is 2. The molecule has 0 saturated heterocycles. The van der Waals surface area contributed by atoms with Gasteiger partial charge in [0.25, 0.3) is 0 Å². The van der Waals surface area contributed by atoms with E-state index in [0.717, 1.165) is 11.1 Å². The van der Waals surface area contributed by atoms with Gasteiger partial charge in [0.15, 0.2) is 5.78 Å². The largest absolute Gasteiger partial charge is 0.398 e. The zero-order valence-corrected chi connectivity index (χ0v) is 11.8. The van der Waals surface area contributed by atoms with Gasteiger partial charge in [0.2, 0.25) is 0 Å². The highest BCUT2D eigenvalue weighted by atomic mass is 19.1. The molecule has 3 rings (SSSR count). The summed E-state index contributed by atoms with van der Waals surface area (Å²) in [6.45, 7) is 3.74. The molecule has 0 fully saturated rings. The van der Waals surface area contributed by atoms with Crippen molar-refractivity contribution in [3.8, 4) is 0 Å². The molecule has 0 aliphatic carbocycles.